The lowest BCUT2D eigenvalue weighted by atomic mass is 10.2. The molecule has 0 aromatic carbocycles. The summed E-state index contributed by atoms with van der Waals surface area (Å²) in [6.45, 7) is 1.45. The van der Waals surface area contributed by atoms with E-state index in [0.717, 1.165) is 18.5 Å². The monoisotopic (exact) mass is 263 g/mol. The van der Waals surface area contributed by atoms with E-state index < -0.39 is 0 Å². The van der Waals surface area contributed by atoms with Crippen LogP contribution in [0.3, 0.4) is 0 Å². The van der Waals surface area contributed by atoms with Crippen LogP contribution in [-0.2, 0) is 11.3 Å². The van der Waals surface area contributed by atoms with Crippen LogP contribution in [0.2, 0.25) is 0 Å². The maximum atomic E-state index is 11.9. The number of nitrogens with zero attached hydrogens (tertiary/aromatic N) is 1. The Morgan fingerprint density at radius 3 is 3.00 bits per heavy atom. The lowest BCUT2D eigenvalue weighted by Gasteiger charge is -2.11. The standard InChI is InChI=1S/C14H21N3O2/c15-10-12-9-11(5-6-16-12)14(18)17-7-8-19-13-3-1-2-4-13/h5-6,9,13H,1-4,7-8,10,15H2,(H,17,18). The van der Waals surface area contributed by atoms with Crippen molar-refractivity contribution in [1.29, 1.82) is 0 Å². The molecule has 5 heteroatoms. The molecule has 2 rings (SSSR count). The second kappa shape index (κ2) is 7.21. The Balaban J connectivity index is 1.71. The molecule has 1 fully saturated rings. The van der Waals surface area contributed by atoms with E-state index in [1.807, 2.05) is 0 Å². The number of ether oxygens (including phenoxy) is 1. The van der Waals surface area contributed by atoms with Crippen molar-refractivity contribution in [3.05, 3.63) is 29.6 Å². The highest BCUT2D eigenvalue weighted by Crippen LogP contribution is 2.20. The molecule has 1 aliphatic rings. The molecule has 1 saturated carbocycles. The lowest BCUT2D eigenvalue weighted by molar-refractivity contribution is 0.0582. The van der Waals surface area contributed by atoms with Gasteiger partial charge in [-0.25, -0.2) is 0 Å². The fraction of sp³-hybridized carbons (Fsp3) is 0.571. The van der Waals surface area contributed by atoms with E-state index in [2.05, 4.69) is 10.3 Å². The van der Waals surface area contributed by atoms with E-state index in [1.54, 1.807) is 18.3 Å². The van der Waals surface area contributed by atoms with Crippen LogP contribution in [0.4, 0.5) is 0 Å². The first kappa shape index (κ1) is 14.0. The van der Waals surface area contributed by atoms with Crippen molar-refractivity contribution in [2.45, 2.75) is 38.3 Å². The number of rotatable bonds is 6. The number of amides is 1. The molecule has 0 bridgehead atoms. The maximum Gasteiger partial charge on any atom is 0.251 e. The van der Waals surface area contributed by atoms with Gasteiger partial charge in [-0.15, -0.1) is 0 Å². The van der Waals surface area contributed by atoms with Crippen LogP contribution in [0.5, 0.6) is 0 Å². The highest BCUT2D eigenvalue weighted by atomic mass is 16.5. The Bertz CT molecular complexity index is 417. The van der Waals surface area contributed by atoms with Gasteiger partial charge in [0.05, 0.1) is 18.4 Å². The van der Waals surface area contributed by atoms with E-state index in [9.17, 15) is 4.79 Å². The van der Waals surface area contributed by atoms with Gasteiger partial charge < -0.3 is 15.8 Å². The molecule has 5 nitrogen and oxygen atoms in total. The zero-order valence-electron chi connectivity index (χ0n) is 11.1. The summed E-state index contributed by atoms with van der Waals surface area (Å²) >= 11 is 0. The maximum absolute atomic E-state index is 11.9. The van der Waals surface area contributed by atoms with Gasteiger partial charge in [-0.1, -0.05) is 12.8 Å². The molecule has 0 aliphatic heterocycles. The molecule has 1 aromatic heterocycles. The lowest BCUT2D eigenvalue weighted by Crippen LogP contribution is -2.28. The number of pyridine rings is 1. The quantitative estimate of drug-likeness (QED) is 0.757. The van der Waals surface area contributed by atoms with Gasteiger partial charge in [0.2, 0.25) is 0 Å². The van der Waals surface area contributed by atoms with Gasteiger partial charge in [0.1, 0.15) is 0 Å². The van der Waals surface area contributed by atoms with E-state index in [0.29, 0.717) is 31.4 Å². The van der Waals surface area contributed by atoms with E-state index in [4.69, 9.17) is 10.5 Å². The molecule has 0 radical (unpaired) electrons. The second-order valence-electron chi connectivity index (χ2n) is 4.77. The van der Waals surface area contributed by atoms with Crippen LogP contribution in [-0.4, -0.2) is 30.1 Å². The molecule has 1 heterocycles. The SMILES string of the molecule is NCc1cc(C(=O)NCCOC2CCCC2)ccn1. The van der Waals surface area contributed by atoms with Crippen molar-refractivity contribution in [3.8, 4) is 0 Å². The molecule has 0 spiro atoms. The first-order valence-corrected chi connectivity index (χ1v) is 6.84. The van der Waals surface area contributed by atoms with Crippen LogP contribution in [0.15, 0.2) is 18.3 Å². The summed E-state index contributed by atoms with van der Waals surface area (Å²) in [5, 5.41) is 2.84. The summed E-state index contributed by atoms with van der Waals surface area (Å²) in [5.41, 5.74) is 6.81. The Labute approximate surface area is 113 Å². The zero-order valence-corrected chi connectivity index (χ0v) is 11.1. The second-order valence-corrected chi connectivity index (χ2v) is 4.77. The van der Waals surface area contributed by atoms with Crippen molar-refractivity contribution in [2.75, 3.05) is 13.2 Å². The Morgan fingerprint density at radius 1 is 1.47 bits per heavy atom. The summed E-state index contributed by atoms with van der Waals surface area (Å²) in [7, 11) is 0. The first-order valence-electron chi connectivity index (χ1n) is 6.84. The van der Waals surface area contributed by atoms with Crippen molar-refractivity contribution >= 4 is 5.91 Å². The molecular formula is C14H21N3O2. The molecule has 0 saturated heterocycles. The number of carbonyl (C=O) groups is 1. The summed E-state index contributed by atoms with van der Waals surface area (Å²) in [5.74, 6) is -0.105. The molecule has 3 N–H and O–H groups in total. The van der Waals surface area contributed by atoms with Crippen molar-refractivity contribution in [1.82, 2.24) is 10.3 Å². The topological polar surface area (TPSA) is 77.2 Å². The number of hydrogen-bond donors (Lipinski definition) is 2. The minimum atomic E-state index is -0.105. The summed E-state index contributed by atoms with van der Waals surface area (Å²) in [4.78, 5) is 15.9. The third kappa shape index (κ3) is 4.29. The zero-order chi connectivity index (χ0) is 13.5. The predicted molar refractivity (Wildman–Crippen MR) is 72.7 cm³/mol. The fourth-order valence-corrected chi connectivity index (χ4v) is 2.28. The summed E-state index contributed by atoms with van der Waals surface area (Å²) < 4.78 is 5.69. The van der Waals surface area contributed by atoms with E-state index in [-0.39, 0.29) is 5.91 Å². The van der Waals surface area contributed by atoms with Gasteiger partial charge in [-0.05, 0) is 25.0 Å². The van der Waals surface area contributed by atoms with Crippen molar-refractivity contribution in [2.24, 2.45) is 5.73 Å². The fourth-order valence-electron chi connectivity index (χ4n) is 2.28. The molecule has 19 heavy (non-hydrogen) atoms. The molecular weight excluding hydrogens is 242 g/mol. The molecule has 0 atom stereocenters. The molecule has 1 aliphatic carbocycles. The summed E-state index contributed by atoms with van der Waals surface area (Å²) in [6.07, 6.45) is 6.82. The highest BCUT2D eigenvalue weighted by molar-refractivity contribution is 5.94. The number of carbonyl (C=O) groups excluding carboxylic acids is 1. The average molecular weight is 263 g/mol. The van der Waals surface area contributed by atoms with Gasteiger partial charge >= 0.3 is 0 Å². The predicted octanol–water partition coefficient (Wildman–Crippen LogP) is 1.23. The minimum Gasteiger partial charge on any atom is -0.376 e. The van der Waals surface area contributed by atoms with Gasteiger partial charge in [0, 0.05) is 24.8 Å². The van der Waals surface area contributed by atoms with Gasteiger partial charge in [-0.2, -0.15) is 0 Å². The molecule has 0 unspecified atom stereocenters. The smallest absolute Gasteiger partial charge is 0.251 e. The highest BCUT2D eigenvalue weighted by Gasteiger charge is 2.15. The van der Waals surface area contributed by atoms with Crippen LogP contribution < -0.4 is 11.1 Å². The van der Waals surface area contributed by atoms with Crippen LogP contribution in [0.25, 0.3) is 0 Å². The number of aromatic nitrogens is 1. The van der Waals surface area contributed by atoms with E-state index in [1.165, 1.54) is 12.8 Å². The third-order valence-electron chi connectivity index (χ3n) is 3.33. The largest absolute Gasteiger partial charge is 0.376 e. The minimum absolute atomic E-state index is 0.105. The first-order chi connectivity index (χ1) is 9.29. The third-order valence-corrected chi connectivity index (χ3v) is 3.33. The number of nitrogens with one attached hydrogen (secondary N) is 1. The van der Waals surface area contributed by atoms with Crippen molar-refractivity contribution < 1.29 is 9.53 Å². The molecule has 1 aromatic rings. The Hall–Kier alpha value is -1.46. The van der Waals surface area contributed by atoms with Crippen molar-refractivity contribution in [3.63, 3.8) is 0 Å². The van der Waals surface area contributed by atoms with Crippen LogP contribution >= 0.6 is 0 Å². The van der Waals surface area contributed by atoms with Gasteiger partial charge in [0.25, 0.3) is 5.91 Å². The average Bonchev–Trinajstić information content (AvgIpc) is 2.96. The summed E-state index contributed by atoms with van der Waals surface area (Å²) in [6, 6.07) is 3.40. The Morgan fingerprint density at radius 2 is 2.26 bits per heavy atom. The van der Waals surface area contributed by atoms with Gasteiger partial charge in [0.15, 0.2) is 0 Å². The normalized spacial score (nSPS) is 15.6. The number of nitrogens with two attached hydrogens (primary N) is 1. The number of hydrogen-bond acceptors (Lipinski definition) is 4. The Kier molecular flexibility index (Phi) is 5.30. The van der Waals surface area contributed by atoms with E-state index >= 15 is 0 Å². The van der Waals surface area contributed by atoms with Crippen LogP contribution in [0.1, 0.15) is 41.7 Å². The van der Waals surface area contributed by atoms with Gasteiger partial charge in [-0.3, -0.25) is 9.78 Å². The molecule has 104 valence electrons. The van der Waals surface area contributed by atoms with Crippen LogP contribution in [0, 0.1) is 0 Å². The molecule has 1 amide bonds.